The van der Waals surface area contributed by atoms with Gasteiger partial charge in [0, 0.05) is 58.4 Å². The third-order valence-electron chi connectivity index (χ3n) is 16.1. The van der Waals surface area contributed by atoms with E-state index in [1.807, 2.05) is 76.2 Å². The number of ether oxygens (including phenoxy) is 8. The third-order valence-corrected chi connectivity index (χ3v) is 17.2. The molecule has 0 bridgehead atoms. The molecule has 2 fully saturated rings. The number of halogens is 4. The first kappa shape index (κ1) is 70.2. The molecular formula is C70H74Cl4N8O14. The molecule has 6 amide bonds. The van der Waals surface area contributed by atoms with Crippen LogP contribution in [0.5, 0.6) is 23.0 Å². The highest BCUT2D eigenvalue weighted by Crippen LogP contribution is 2.48. The molecule has 0 unspecified atom stereocenters. The Morgan fingerprint density at radius 2 is 0.792 bits per heavy atom. The molecule has 96 heavy (non-hydrogen) atoms. The number of hydrogen-bond donors (Lipinski definition) is 0. The average Bonchev–Trinajstić information content (AvgIpc) is 1.60. The number of aliphatic imine (C=N–C) groups is 2. The van der Waals surface area contributed by atoms with Crippen LogP contribution in [0.4, 0.5) is 9.59 Å². The number of benzene rings is 6. The lowest BCUT2D eigenvalue weighted by molar-refractivity contribution is -0.152. The number of carbonyl (C=O) groups is 6. The number of carbonyl (C=O) groups excluding carboxylic acids is 6. The molecule has 506 valence electrons. The van der Waals surface area contributed by atoms with Crippen LogP contribution in [0.1, 0.15) is 85.2 Å². The van der Waals surface area contributed by atoms with Crippen molar-refractivity contribution < 1.29 is 66.7 Å². The summed E-state index contributed by atoms with van der Waals surface area (Å²) in [5.74, 6) is 0.396. The molecule has 26 heteroatoms. The van der Waals surface area contributed by atoms with Crippen molar-refractivity contribution >= 4 is 93.9 Å². The molecule has 0 saturated carbocycles. The van der Waals surface area contributed by atoms with E-state index in [1.54, 1.807) is 109 Å². The molecule has 0 spiro atoms. The van der Waals surface area contributed by atoms with Gasteiger partial charge in [-0.25, -0.2) is 9.59 Å². The van der Waals surface area contributed by atoms with Crippen molar-refractivity contribution in [2.45, 2.75) is 64.1 Å². The van der Waals surface area contributed by atoms with Gasteiger partial charge in [0.1, 0.15) is 86.1 Å². The van der Waals surface area contributed by atoms with Crippen molar-refractivity contribution in [2.75, 3.05) is 106 Å². The van der Waals surface area contributed by atoms with E-state index < -0.39 is 60.0 Å². The van der Waals surface area contributed by atoms with Crippen molar-refractivity contribution in [1.82, 2.24) is 29.4 Å². The smallest absolute Gasteiger partial charge is 0.326 e. The minimum absolute atomic E-state index is 0.0351. The number of piperazine rings is 2. The molecule has 0 radical (unpaired) electrons. The molecule has 2 saturated heterocycles. The second kappa shape index (κ2) is 32.4. The summed E-state index contributed by atoms with van der Waals surface area (Å²) in [6.45, 7) is 6.69. The standard InChI is InChI=1S/C70H74Cl4N8O14/c1-43(2)95-57-37-53(89-5)23-25-55(57)67-75-63(45-7-15-49(71)16-8-45)65(47-11-19-51(73)20-12-47)81(67)69(87)79-29-27-77(59(83)39-79)41-61(85)93-35-33-91-31-32-92-34-36-94-62(86)42-78-28-30-80(40-60(78)84)70(88)82-66(48-13-21-52(74)22-14-48)64(46-9-17-50(72)18-10-46)76-68(82)56-26-24-54(90-6)38-58(56)96-44(3)4/h7-26,37-38,43-44,63-66H,27-36,39-42H2,1-6H3/t63-,64-,65+,66+/m0/s1. The minimum atomic E-state index is -0.696. The molecule has 0 N–H and O–H groups in total. The number of nitrogens with zero attached hydrogens (tertiary/aromatic N) is 8. The van der Waals surface area contributed by atoms with Gasteiger partial charge in [0.2, 0.25) is 11.8 Å². The summed E-state index contributed by atoms with van der Waals surface area (Å²) < 4.78 is 45.7. The van der Waals surface area contributed by atoms with E-state index in [0.717, 1.165) is 22.3 Å². The maximum atomic E-state index is 15.1. The van der Waals surface area contributed by atoms with Gasteiger partial charge in [0.15, 0.2) is 0 Å². The first-order valence-corrected chi connectivity index (χ1v) is 32.8. The summed E-state index contributed by atoms with van der Waals surface area (Å²) in [4.78, 5) is 103. The SMILES string of the molecule is COc1ccc(C2=N[C@@H](c3ccc(Cl)cc3)[C@@H](c3ccc(Cl)cc3)N2C(=O)N2CCN(CC(=O)OCCOCCOCCOC(=O)CN3CCN(C(=O)N4C(c5ccc(OC)cc5OC(C)C)=N[C@@H](c5ccc(Cl)cc5)[C@H]4c4ccc(Cl)cc4)CC3=O)C(=O)C2)c(OC(C)C)c1. The molecule has 4 atom stereocenters. The van der Waals surface area contributed by atoms with Crippen LogP contribution in [-0.2, 0) is 38.1 Å². The van der Waals surface area contributed by atoms with E-state index in [0.29, 0.717) is 65.9 Å². The van der Waals surface area contributed by atoms with Crippen molar-refractivity contribution in [2.24, 2.45) is 9.98 Å². The van der Waals surface area contributed by atoms with Gasteiger partial charge in [-0.2, -0.15) is 0 Å². The Labute approximate surface area is 577 Å². The fourth-order valence-corrected chi connectivity index (χ4v) is 12.1. The summed E-state index contributed by atoms with van der Waals surface area (Å²) in [5.41, 5.74) is 4.13. The Morgan fingerprint density at radius 1 is 0.458 bits per heavy atom. The molecule has 4 heterocycles. The molecule has 4 aliphatic heterocycles. The van der Waals surface area contributed by atoms with Crippen molar-refractivity contribution in [3.63, 3.8) is 0 Å². The second-order valence-electron chi connectivity index (χ2n) is 23.4. The van der Waals surface area contributed by atoms with Gasteiger partial charge in [-0.05, 0) is 123 Å². The highest BCUT2D eigenvalue weighted by atomic mass is 35.5. The fourth-order valence-electron chi connectivity index (χ4n) is 11.6. The highest BCUT2D eigenvalue weighted by Gasteiger charge is 2.48. The molecule has 6 aromatic rings. The Balaban J connectivity index is 0.667. The van der Waals surface area contributed by atoms with Crippen LogP contribution in [0.25, 0.3) is 0 Å². The summed E-state index contributed by atoms with van der Waals surface area (Å²) in [5, 5.41) is 2.08. The normalized spacial score (nSPS) is 18.0. The van der Waals surface area contributed by atoms with Crippen molar-refractivity contribution in [1.29, 1.82) is 0 Å². The van der Waals surface area contributed by atoms with E-state index in [9.17, 15) is 19.2 Å². The van der Waals surface area contributed by atoms with Crippen LogP contribution in [0.15, 0.2) is 143 Å². The number of esters is 2. The fraction of sp³-hybridized carbons (Fsp3) is 0.371. The molecule has 10 rings (SSSR count). The van der Waals surface area contributed by atoms with E-state index in [4.69, 9.17) is 94.3 Å². The van der Waals surface area contributed by atoms with E-state index in [2.05, 4.69) is 0 Å². The monoisotopic (exact) mass is 1390 g/mol. The maximum absolute atomic E-state index is 15.1. The Morgan fingerprint density at radius 3 is 1.11 bits per heavy atom. The highest BCUT2D eigenvalue weighted by molar-refractivity contribution is 6.31. The molecule has 0 aromatic heterocycles. The van der Waals surface area contributed by atoms with Crippen LogP contribution in [0, 0.1) is 0 Å². The first-order valence-electron chi connectivity index (χ1n) is 31.3. The van der Waals surface area contributed by atoms with Gasteiger partial charge in [-0.3, -0.25) is 39.0 Å². The van der Waals surface area contributed by atoms with Crippen LogP contribution in [-0.4, -0.2) is 195 Å². The summed E-state index contributed by atoms with van der Waals surface area (Å²) in [7, 11) is 3.11. The molecule has 0 aliphatic carbocycles. The Kier molecular flexibility index (Phi) is 23.7. The lowest BCUT2D eigenvalue weighted by Crippen LogP contribution is -2.57. The van der Waals surface area contributed by atoms with Crippen LogP contribution < -0.4 is 18.9 Å². The quantitative estimate of drug-likeness (QED) is 0.0384. The Bertz CT molecular complexity index is 3580. The zero-order valence-electron chi connectivity index (χ0n) is 53.9. The number of rotatable bonds is 25. The van der Waals surface area contributed by atoms with Crippen molar-refractivity contribution in [3.8, 4) is 23.0 Å². The van der Waals surface area contributed by atoms with Crippen LogP contribution in [0.2, 0.25) is 20.1 Å². The molecule has 22 nitrogen and oxygen atoms in total. The van der Waals surface area contributed by atoms with E-state index in [-0.39, 0.29) is 104 Å². The lowest BCUT2D eigenvalue weighted by atomic mass is 9.93. The van der Waals surface area contributed by atoms with Gasteiger partial charge < -0.3 is 57.5 Å². The second-order valence-corrected chi connectivity index (χ2v) is 25.1. The van der Waals surface area contributed by atoms with Gasteiger partial charge in [-0.1, -0.05) is 94.9 Å². The molecule has 4 aliphatic rings. The van der Waals surface area contributed by atoms with Gasteiger partial charge >= 0.3 is 24.0 Å². The third kappa shape index (κ3) is 17.1. The number of amidine groups is 2. The number of hydrogen-bond acceptors (Lipinski definition) is 16. The van der Waals surface area contributed by atoms with Crippen molar-refractivity contribution in [3.05, 3.63) is 187 Å². The van der Waals surface area contributed by atoms with E-state index >= 15 is 9.59 Å². The predicted molar refractivity (Wildman–Crippen MR) is 362 cm³/mol. The zero-order chi connectivity index (χ0) is 68.2. The van der Waals surface area contributed by atoms with Crippen LogP contribution >= 0.6 is 46.4 Å². The first-order chi connectivity index (χ1) is 46.3. The maximum Gasteiger partial charge on any atom is 0.326 e. The zero-order valence-corrected chi connectivity index (χ0v) is 56.9. The number of urea groups is 2. The van der Waals surface area contributed by atoms with Gasteiger partial charge in [0.05, 0.1) is 76.1 Å². The largest absolute Gasteiger partial charge is 0.497 e. The lowest BCUT2D eigenvalue weighted by Gasteiger charge is -2.38. The summed E-state index contributed by atoms with van der Waals surface area (Å²) >= 11 is 25.4. The summed E-state index contributed by atoms with van der Waals surface area (Å²) in [6, 6.07) is 35.9. The summed E-state index contributed by atoms with van der Waals surface area (Å²) in [6.07, 6.45) is -0.483. The van der Waals surface area contributed by atoms with Gasteiger partial charge in [-0.15, -0.1) is 0 Å². The van der Waals surface area contributed by atoms with Gasteiger partial charge in [0.25, 0.3) is 0 Å². The predicted octanol–water partition coefficient (Wildman–Crippen LogP) is 11.3. The molecule has 6 aromatic carbocycles. The van der Waals surface area contributed by atoms with Crippen LogP contribution in [0.3, 0.4) is 0 Å². The minimum Gasteiger partial charge on any atom is -0.497 e. The van der Waals surface area contributed by atoms with E-state index in [1.165, 1.54) is 19.6 Å². The number of amides is 6. The molecular weight excluding hydrogens is 1320 g/mol. The topological polar surface area (TPSA) is 220 Å². The Hall–Kier alpha value is -8.64. The average molecular weight is 1390 g/mol. The number of methoxy groups -OCH3 is 2.